The van der Waals surface area contributed by atoms with Crippen LogP contribution in [0.1, 0.15) is 10.5 Å². The van der Waals surface area contributed by atoms with Crippen LogP contribution >= 0.6 is 0 Å². The summed E-state index contributed by atoms with van der Waals surface area (Å²) in [6.45, 7) is 2.15. The Morgan fingerprint density at radius 3 is 2.23 bits per heavy atom. The number of benzene rings is 1. The number of anilines is 1. The van der Waals surface area contributed by atoms with Crippen LogP contribution in [0.25, 0.3) is 0 Å². The first-order valence-corrected chi connectivity index (χ1v) is 7.28. The molecule has 1 aromatic carbocycles. The zero-order valence-electron chi connectivity index (χ0n) is 12.2. The van der Waals surface area contributed by atoms with Gasteiger partial charge in [-0.1, -0.05) is 18.2 Å². The van der Waals surface area contributed by atoms with Gasteiger partial charge in [0.25, 0.3) is 5.91 Å². The standard InChI is InChI=1S/C16H18N4O2/c21-15(14-7-4-8-17-14)19-9-11-20(12-10-19)16(22)18-13-5-2-1-3-6-13/h1-8,17H,9-12H2,(H,18,22). The van der Waals surface area contributed by atoms with E-state index in [1.807, 2.05) is 30.3 Å². The molecule has 22 heavy (non-hydrogen) atoms. The number of rotatable bonds is 2. The maximum absolute atomic E-state index is 12.2. The Kier molecular flexibility index (Phi) is 4.09. The van der Waals surface area contributed by atoms with Crippen LogP contribution < -0.4 is 5.32 Å². The second-order valence-electron chi connectivity index (χ2n) is 5.16. The van der Waals surface area contributed by atoms with Crippen LogP contribution in [0.3, 0.4) is 0 Å². The summed E-state index contributed by atoms with van der Waals surface area (Å²) in [5.74, 6) is -0.0203. The number of nitrogens with one attached hydrogen (secondary N) is 2. The molecule has 0 radical (unpaired) electrons. The monoisotopic (exact) mass is 298 g/mol. The van der Waals surface area contributed by atoms with Crippen molar-refractivity contribution in [3.8, 4) is 0 Å². The summed E-state index contributed by atoms with van der Waals surface area (Å²) in [6.07, 6.45) is 1.73. The summed E-state index contributed by atoms with van der Waals surface area (Å²) in [6, 6.07) is 12.8. The molecule has 6 nitrogen and oxygen atoms in total. The molecule has 1 aliphatic rings. The van der Waals surface area contributed by atoms with Crippen molar-refractivity contribution in [2.24, 2.45) is 0 Å². The number of aromatic amines is 1. The summed E-state index contributed by atoms with van der Waals surface area (Å²) in [4.78, 5) is 30.8. The third kappa shape index (κ3) is 3.11. The molecular weight excluding hydrogens is 280 g/mol. The summed E-state index contributed by atoms with van der Waals surface area (Å²) >= 11 is 0. The predicted octanol–water partition coefficient (Wildman–Crippen LogP) is 2.00. The van der Waals surface area contributed by atoms with E-state index < -0.39 is 0 Å². The van der Waals surface area contributed by atoms with Crippen molar-refractivity contribution in [3.05, 3.63) is 54.4 Å². The number of nitrogens with zero attached hydrogens (tertiary/aromatic N) is 2. The van der Waals surface area contributed by atoms with Crippen molar-refractivity contribution in [1.29, 1.82) is 0 Å². The number of hydrogen-bond acceptors (Lipinski definition) is 2. The minimum absolute atomic E-state index is 0.0203. The zero-order valence-corrected chi connectivity index (χ0v) is 12.2. The Morgan fingerprint density at radius 2 is 1.59 bits per heavy atom. The van der Waals surface area contributed by atoms with Gasteiger partial charge in [0.2, 0.25) is 0 Å². The molecule has 0 spiro atoms. The van der Waals surface area contributed by atoms with Crippen molar-refractivity contribution in [1.82, 2.24) is 14.8 Å². The molecule has 1 aromatic heterocycles. The first kappa shape index (κ1) is 14.2. The highest BCUT2D eigenvalue weighted by atomic mass is 16.2. The van der Waals surface area contributed by atoms with E-state index in [-0.39, 0.29) is 11.9 Å². The number of amides is 3. The minimum atomic E-state index is -0.127. The van der Waals surface area contributed by atoms with E-state index in [0.29, 0.717) is 31.9 Å². The van der Waals surface area contributed by atoms with Gasteiger partial charge in [-0.25, -0.2) is 4.79 Å². The van der Waals surface area contributed by atoms with Crippen molar-refractivity contribution >= 4 is 17.6 Å². The zero-order chi connectivity index (χ0) is 15.4. The van der Waals surface area contributed by atoms with E-state index in [2.05, 4.69) is 10.3 Å². The molecule has 0 saturated carbocycles. The number of piperazine rings is 1. The summed E-state index contributed by atoms with van der Waals surface area (Å²) in [5, 5.41) is 2.86. The van der Waals surface area contributed by atoms with Crippen LogP contribution in [-0.4, -0.2) is 52.9 Å². The van der Waals surface area contributed by atoms with Gasteiger partial charge < -0.3 is 20.1 Å². The number of H-pyrrole nitrogens is 1. The minimum Gasteiger partial charge on any atom is -0.357 e. The molecule has 114 valence electrons. The fraction of sp³-hybridized carbons (Fsp3) is 0.250. The highest BCUT2D eigenvalue weighted by Crippen LogP contribution is 2.10. The smallest absolute Gasteiger partial charge is 0.321 e. The van der Waals surface area contributed by atoms with Gasteiger partial charge in [0.05, 0.1) is 0 Å². The van der Waals surface area contributed by atoms with Crippen LogP contribution in [0.2, 0.25) is 0 Å². The third-order valence-electron chi connectivity index (χ3n) is 3.71. The lowest BCUT2D eigenvalue weighted by Crippen LogP contribution is -2.51. The Balaban J connectivity index is 1.53. The predicted molar refractivity (Wildman–Crippen MR) is 83.7 cm³/mol. The first-order valence-electron chi connectivity index (χ1n) is 7.28. The van der Waals surface area contributed by atoms with Gasteiger partial charge in [-0.15, -0.1) is 0 Å². The summed E-state index contributed by atoms with van der Waals surface area (Å²) in [5.41, 5.74) is 1.36. The van der Waals surface area contributed by atoms with Gasteiger partial charge in [-0.2, -0.15) is 0 Å². The number of hydrogen-bond donors (Lipinski definition) is 2. The van der Waals surface area contributed by atoms with Gasteiger partial charge in [0.15, 0.2) is 0 Å². The summed E-state index contributed by atoms with van der Waals surface area (Å²) in [7, 11) is 0. The maximum Gasteiger partial charge on any atom is 0.321 e. The van der Waals surface area contributed by atoms with E-state index in [1.165, 1.54) is 0 Å². The van der Waals surface area contributed by atoms with E-state index >= 15 is 0 Å². The average Bonchev–Trinajstić information content (AvgIpc) is 3.10. The molecule has 0 unspecified atom stereocenters. The molecule has 0 bridgehead atoms. The topological polar surface area (TPSA) is 68.4 Å². The van der Waals surface area contributed by atoms with Crippen LogP contribution in [0.15, 0.2) is 48.7 Å². The fourth-order valence-electron chi connectivity index (χ4n) is 2.47. The SMILES string of the molecule is O=C(Nc1ccccc1)N1CCN(C(=O)c2ccc[nH]2)CC1. The van der Waals surface area contributed by atoms with Crippen molar-refractivity contribution in [2.75, 3.05) is 31.5 Å². The molecule has 3 rings (SSSR count). The largest absolute Gasteiger partial charge is 0.357 e. The molecule has 3 amide bonds. The number of urea groups is 1. The lowest BCUT2D eigenvalue weighted by Gasteiger charge is -2.34. The van der Waals surface area contributed by atoms with Crippen molar-refractivity contribution in [2.45, 2.75) is 0 Å². The van der Waals surface area contributed by atoms with E-state index in [9.17, 15) is 9.59 Å². The number of aromatic nitrogens is 1. The molecule has 1 aliphatic heterocycles. The van der Waals surface area contributed by atoms with E-state index in [1.54, 1.807) is 28.1 Å². The van der Waals surface area contributed by atoms with Gasteiger partial charge in [-0.05, 0) is 24.3 Å². The second kappa shape index (κ2) is 6.34. The Hall–Kier alpha value is -2.76. The maximum atomic E-state index is 12.2. The molecular formula is C16H18N4O2. The molecule has 6 heteroatoms. The third-order valence-corrected chi connectivity index (χ3v) is 3.71. The fourth-order valence-corrected chi connectivity index (χ4v) is 2.47. The molecule has 2 aromatic rings. The number of carbonyl (C=O) groups excluding carboxylic acids is 2. The van der Waals surface area contributed by atoms with Crippen LogP contribution in [0, 0.1) is 0 Å². The lowest BCUT2D eigenvalue weighted by molar-refractivity contribution is 0.0666. The molecule has 1 saturated heterocycles. The molecule has 0 aliphatic carbocycles. The summed E-state index contributed by atoms with van der Waals surface area (Å²) < 4.78 is 0. The second-order valence-corrected chi connectivity index (χ2v) is 5.16. The normalized spacial score (nSPS) is 14.7. The van der Waals surface area contributed by atoms with Gasteiger partial charge in [0.1, 0.15) is 5.69 Å². The number of carbonyl (C=O) groups is 2. The lowest BCUT2D eigenvalue weighted by atomic mass is 10.3. The van der Waals surface area contributed by atoms with Gasteiger partial charge >= 0.3 is 6.03 Å². The van der Waals surface area contributed by atoms with Gasteiger partial charge in [0, 0.05) is 38.1 Å². The molecule has 0 atom stereocenters. The molecule has 1 fully saturated rings. The van der Waals surface area contributed by atoms with Crippen LogP contribution in [0.4, 0.5) is 10.5 Å². The molecule has 2 heterocycles. The van der Waals surface area contributed by atoms with Crippen molar-refractivity contribution < 1.29 is 9.59 Å². The highest BCUT2D eigenvalue weighted by Gasteiger charge is 2.25. The Morgan fingerprint density at radius 1 is 0.909 bits per heavy atom. The first-order chi connectivity index (χ1) is 10.7. The van der Waals surface area contributed by atoms with Crippen LogP contribution in [-0.2, 0) is 0 Å². The van der Waals surface area contributed by atoms with Crippen LogP contribution in [0.5, 0.6) is 0 Å². The highest BCUT2D eigenvalue weighted by molar-refractivity contribution is 5.93. The number of para-hydroxylation sites is 1. The average molecular weight is 298 g/mol. The molecule has 2 N–H and O–H groups in total. The van der Waals surface area contributed by atoms with E-state index in [4.69, 9.17) is 0 Å². The quantitative estimate of drug-likeness (QED) is 0.890. The van der Waals surface area contributed by atoms with Gasteiger partial charge in [-0.3, -0.25) is 4.79 Å². The van der Waals surface area contributed by atoms with E-state index in [0.717, 1.165) is 5.69 Å². The Labute approximate surface area is 128 Å². The Bertz CT molecular complexity index is 631. The van der Waals surface area contributed by atoms with Crippen molar-refractivity contribution in [3.63, 3.8) is 0 Å².